The minimum absolute atomic E-state index is 0.386. The van der Waals surface area contributed by atoms with Gasteiger partial charge in [0.2, 0.25) is 0 Å². The second kappa shape index (κ2) is 6.06. The van der Waals surface area contributed by atoms with Gasteiger partial charge in [0.05, 0.1) is 17.8 Å². The number of nitrogens with zero attached hydrogens (tertiary/aromatic N) is 2. The molecular formula is C15H25N3O. The number of rotatable bonds is 5. The molecule has 1 aromatic heterocycles. The van der Waals surface area contributed by atoms with Gasteiger partial charge in [0.25, 0.3) is 0 Å². The largest absolute Gasteiger partial charge is 0.380 e. The van der Waals surface area contributed by atoms with E-state index in [2.05, 4.69) is 22.3 Å². The summed E-state index contributed by atoms with van der Waals surface area (Å²) < 4.78 is 7.68. The maximum absolute atomic E-state index is 5.51. The molecule has 1 N–H and O–H groups in total. The second-order valence-electron chi connectivity index (χ2n) is 5.92. The molecule has 2 atom stereocenters. The summed E-state index contributed by atoms with van der Waals surface area (Å²) >= 11 is 0. The van der Waals surface area contributed by atoms with E-state index < -0.39 is 0 Å². The van der Waals surface area contributed by atoms with Crippen molar-refractivity contribution in [3.05, 3.63) is 18.0 Å². The van der Waals surface area contributed by atoms with Crippen LogP contribution in [0.1, 0.15) is 56.7 Å². The quantitative estimate of drug-likeness (QED) is 0.887. The number of hydrogen-bond donors (Lipinski definition) is 1. The van der Waals surface area contributed by atoms with E-state index in [-0.39, 0.29) is 0 Å². The summed E-state index contributed by atoms with van der Waals surface area (Å²) in [7, 11) is 1.82. The van der Waals surface area contributed by atoms with Crippen LogP contribution in [0.3, 0.4) is 0 Å². The Morgan fingerprint density at radius 1 is 1.26 bits per heavy atom. The molecule has 0 spiro atoms. The first kappa shape index (κ1) is 13.1. The molecule has 2 saturated carbocycles. The van der Waals surface area contributed by atoms with Crippen LogP contribution in [0.15, 0.2) is 12.3 Å². The number of methoxy groups -OCH3 is 1. The topological polar surface area (TPSA) is 39.1 Å². The highest BCUT2D eigenvalue weighted by atomic mass is 16.5. The Balaban J connectivity index is 1.52. The molecule has 0 aromatic carbocycles. The van der Waals surface area contributed by atoms with Crippen LogP contribution in [-0.4, -0.2) is 29.0 Å². The van der Waals surface area contributed by atoms with Gasteiger partial charge >= 0.3 is 0 Å². The summed E-state index contributed by atoms with van der Waals surface area (Å²) in [6.07, 6.45) is 11.5. The SMILES string of the molecule is COC1CCCC1NCc1ccn(C2CCCC2)n1. The second-order valence-corrected chi connectivity index (χ2v) is 5.92. The summed E-state index contributed by atoms with van der Waals surface area (Å²) in [5.74, 6) is 0. The Bertz CT molecular complexity index is 398. The number of nitrogens with one attached hydrogen (secondary N) is 1. The smallest absolute Gasteiger partial charge is 0.0762 e. The molecular weight excluding hydrogens is 238 g/mol. The monoisotopic (exact) mass is 263 g/mol. The molecule has 2 unspecified atom stereocenters. The first-order valence-electron chi connectivity index (χ1n) is 7.67. The van der Waals surface area contributed by atoms with E-state index in [4.69, 9.17) is 9.84 Å². The highest BCUT2D eigenvalue weighted by Crippen LogP contribution is 2.28. The molecule has 19 heavy (non-hydrogen) atoms. The Labute approximate surface area is 115 Å². The van der Waals surface area contributed by atoms with Crippen molar-refractivity contribution in [2.45, 2.75) is 69.7 Å². The van der Waals surface area contributed by atoms with E-state index in [9.17, 15) is 0 Å². The molecule has 0 saturated heterocycles. The molecule has 4 heteroatoms. The van der Waals surface area contributed by atoms with E-state index in [0.717, 1.165) is 12.2 Å². The van der Waals surface area contributed by atoms with Gasteiger partial charge in [-0.05, 0) is 38.2 Å². The normalized spacial score (nSPS) is 28.3. The third-order valence-electron chi connectivity index (χ3n) is 4.66. The highest BCUT2D eigenvalue weighted by Gasteiger charge is 2.26. The van der Waals surface area contributed by atoms with E-state index in [1.54, 1.807) is 0 Å². The summed E-state index contributed by atoms with van der Waals surface area (Å²) in [5, 5.41) is 8.32. The van der Waals surface area contributed by atoms with Crippen molar-refractivity contribution in [3.63, 3.8) is 0 Å². The molecule has 2 aliphatic rings. The minimum atomic E-state index is 0.386. The van der Waals surface area contributed by atoms with Crippen molar-refractivity contribution < 1.29 is 4.74 Å². The van der Waals surface area contributed by atoms with Crippen molar-refractivity contribution in [2.24, 2.45) is 0 Å². The van der Waals surface area contributed by atoms with E-state index in [1.807, 2.05) is 7.11 Å². The summed E-state index contributed by atoms with van der Waals surface area (Å²) in [6.45, 7) is 0.865. The predicted octanol–water partition coefficient (Wildman–Crippen LogP) is 2.66. The zero-order valence-electron chi connectivity index (χ0n) is 11.8. The van der Waals surface area contributed by atoms with Crippen molar-refractivity contribution in [1.82, 2.24) is 15.1 Å². The molecule has 0 amide bonds. The Morgan fingerprint density at radius 2 is 2.11 bits per heavy atom. The fourth-order valence-electron chi connectivity index (χ4n) is 3.52. The van der Waals surface area contributed by atoms with Crippen LogP contribution in [0.2, 0.25) is 0 Å². The molecule has 2 fully saturated rings. The average molecular weight is 263 g/mol. The number of ether oxygens (including phenoxy) is 1. The van der Waals surface area contributed by atoms with Gasteiger partial charge in [0.15, 0.2) is 0 Å². The van der Waals surface area contributed by atoms with Crippen molar-refractivity contribution in [2.75, 3.05) is 7.11 Å². The van der Waals surface area contributed by atoms with Gasteiger partial charge in [-0.15, -0.1) is 0 Å². The molecule has 0 bridgehead atoms. The van der Waals surface area contributed by atoms with E-state index in [0.29, 0.717) is 18.2 Å². The molecule has 0 radical (unpaired) electrons. The average Bonchev–Trinajstić information content (AvgIpc) is 3.16. The predicted molar refractivity (Wildman–Crippen MR) is 75.0 cm³/mol. The lowest BCUT2D eigenvalue weighted by Gasteiger charge is -2.19. The van der Waals surface area contributed by atoms with Crippen molar-refractivity contribution in [3.8, 4) is 0 Å². The van der Waals surface area contributed by atoms with Crippen LogP contribution in [0.5, 0.6) is 0 Å². The fourth-order valence-corrected chi connectivity index (χ4v) is 3.52. The molecule has 3 rings (SSSR count). The van der Waals surface area contributed by atoms with Gasteiger partial charge < -0.3 is 10.1 Å². The van der Waals surface area contributed by atoms with Gasteiger partial charge in [-0.2, -0.15) is 5.10 Å². The molecule has 0 aliphatic heterocycles. The van der Waals surface area contributed by atoms with Crippen LogP contribution in [0.25, 0.3) is 0 Å². The molecule has 4 nitrogen and oxygen atoms in total. The maximum Gasteiger partial charge on any atom is 0.0762 e. The fraction of sp³-hybridized carbons (Fsp3) is 0.800. The van der Waals surface area contributed by atoms with Crippen molar-refractivity contribution >= 4 is 0 Å². The summed E-state index contributed by atoms with van der Waals surface area (Å²) in [4.78, 5) is 0. The zero-order chi connectivity index (χ0) is 13.1. The highest BCUT2D eigenvalue weighted by molar-refractivity contribution is 5.01. The first-order valence-corrected chi connectivity index (χ1v) is 7.67. The number of hydrogen-bond acceptors (Lipinski definition) is 3. The Kier molecular flexibility index (Phi) is 4.18. The Morgan fingerprint density at radius 3 is 2.89 bits per heavy atom. The van der Waals surface area contributed by atoms with Gasteiger partial charge in [-0.25, -0.2) is 0 Å². The number of aromatic nitrogens is 2. The summed E-state index contributed by atoms with van der Waals surface area (Å²) in [6, 6.07) is 3.30. The van der Waals surface area contributed by atoms with Gasteiger partial charge in [0.1, 0.15) is 0 Å². The molecule has 1 aromatic rings. The van der Waals surface area contributed by atoms with Crippen LogP contribution in [0, 0.1) is 0 Å². The lowest BCUT2D eigenvalue weighted by molar-refractivity contribution is 0.0846. The zero-order valence-corrected chi connectivity index (χ0v) is 11.8. The van der Waals surface area contributed by atoms with Crippen LogP contribution < -0.4 is 5.32 Å². The third-order valence-corrected chi connectivity index (χ3v) is 4.66. The molecule has 2 aliphatic carbocycles. The molecule has 106 valence electrons. The van der Waals surface area contributed by atoms with Crippen LogP contribution in [0.4, 0.5) is 0 Å². The first-order chi connectivity index (χ1) is 9.36. The van der Waals surface area contributed by atoms with Gasteiger partial charge in [-0.1, -0.05) is 12.8 Å². The minimum Gasteiger partial charge on any atom is -0.380 e. The molecule has 1 heterocycles. The van der Waals surface area contributed by atoms with Crippen molar-refractivity contribution in [1.29, 1.82) is 0 Å². The Hall–Kier alpha value is -0.870. The summed E-state index contributed by atoms with van der Waals surface area (Å²) in [5.41, 5.74) is 1.16. The van der Waals surface area contributed by atoms with E-state index >= 15 is 0 Å². The van der Waals surface area contributed by atoms with Crippen LogP contribution in [-0.2, 0) is 11.3 Å². The van der Waals surface area contributed by atoms with Crippen LogP contribution >= 0.6 is 0 Å². The van der Waals surface area contributed by atoms with Gasteiger partial charge in [-0.3, -0.25) is 4.68 Å². The maximum atomic E-state index is 5.51. The van der Waals surface area contributed by atoms with E-state index in [1.165, 1.54) is 44.9 Å². The van der Waals surface area contributed by atoms with Gasteiger partial charge in [0, 0.05) is 25.9 Å². The third kappa shape index (κ3) is 3.00. The standard InChI is InChI=1S/C15H25N3O/c1-19-15-8-4-7-14(15)16-11-12-9-10-18(17-12)13-5-2-3-6-13/h9-10,13-16H,2-8,11H2,1H3. The lowest BCUT2D eigenvalue weighted by Crippen LogP contribution is -2.36. The lowest BCUT2D eigenvalue weighted by atomic mass is 10.2.